The van der Waals surface area contributed by atoms with Gasteiger partial charge in [0.05, 0.1) is 4.99 Å². The quantitative estimate of drug-likeness (QED) is 0.834. The molecule has 1 atom stereocenters. The van der Waals surface area contributed by atoms with Crippen molar-refractivity contribution in [2.24, 2.45) is 11.7 Å². The molecule has 2 N–H and O–H groups in total. The molecule has 1 unspecified atom stereocenters. The van der Waals surface area contributed by atoms with E-state index in [1.54, 1.807) is 0 Å². The summed E-state index contributed by atoms with van der Waals surface area (Å²) in [7, 11) is 0. The van der Waals surface area contributed by atoms with Crippen molar-refractivity contribution in [3.63, 3.8) is 0 Å². The number of thiocarbonyl (C=S) groups is 1. The maximum Gasteiger partial charge on any atom is 0.161 e. The van der Waals surface area contributed by atoms with Gasteiger partial charge in [-0.05, 0) is 30.0 Å². The van der Waals surface area contributed by atoms with E-state index in [-0.39, 0.29) is 0 Å². The van der Waals surface area contributed by atoms with Crippen LogP contribution in [0.25, 0.3) is 0 Å². The highest BCUT2D eigenvalue weighted by Gasteiger charge is 2.13. The van der Waals surface area contributed by atoms with Crippen LogP contribution >= 0.6 is 12.2 Å². The van der Waals surface area contributed by atoms with Crippen molar-refractivity contribution in [3.8, 4) is 11.5 Å². The SMILES string of the molecule is CC(CC(N)=S)Cc1ccc2c(c1)OCCO2. The molecule has 2 rings (SSSR count). The van der Waals surface area contributed by atoms with Gasteiger partial charge in [0.2, 0.25) is 0 Å². The van der Waals surface area contributed by atoms with Gasteiger partial charge in [-0.25, -0.2) is 0 Å². The molecule has 3 nitrogen and oxygen atoms in total. The zero-order valence-corrected chi connectivity index (χ0v) is 10.8. The van der Waals surface area contributed by atoms with Crippen molar-refractivity contribution in [1.82, 2.24) is 0 Å². The average Bonchev–Trinajstić information content (AvgIpc) is 2.27. The summed E-state index contributed by atoms with van der Waals surface area (Å²) < 4.78 is 11.0. The van der Waals surface area contributed by atoms with Gasteiger partial charge in [0.25, 0.3) is 0 Å². The van der Waals surface area contributed by atoms with Gasteiger partial charge in [-0.1, -0.05) is 25.2 Å². The first kappa shape index (κ1) is 12.2. The largest absolute Gasteiger partial charge is 0.486 e. The molecule has 1 aliphatic heterocycles. The second-order valence-electron chi connectivity index (χ2n) is 4.46. The fourth-order valence-electron chi connectivity index (χ4n) is 2.03. The van der Waals surface area contributed by atoms with Gasteiger partial charge in [-0.15, -0.1) is 0 Å². The van der Waals surface area contributed by atoms with E-state index in [4.69, 9.17) is 27.4 Å². The van der Waals surface area contributed by atoms with Crippen molar-refractivity contribution in [2.75, 3.05) is 13.2 Å². The summed E-state index contributed by atoms with van der Waals surface area (Å²) >= 11 is 4.92. The predicted octanol–water partition coefficient (Wildman–Crippen LogP) is 2.31. The molecule has 0 amide bonds. The summed E-state index contributed by atoms with van der Waals surface area (Å²) in [6.07, 6.45) is 1.73. The molecule has 0 aliphatic carbocycles. The standard InChI is InChI=1S/C13H17NO2S/c1-9(7-13(14)17)6-10-2-3-11-12(8-10)16-5-4-15-11/h2-3,8-9H,4-7H2,1H3,(H2,14,17). The molecule has 1 aliphatic rings. The van der Waals surface area contributed by atoms with Gasteiger partial charge in [0, 0.05) is 6.42 Å². The van der Waals surface area contributed by atoms with E-state index in [0.717, 1.165) is 24.3 Å². The molecule has 0 bridgehead atoms. The van der Waals surface area contributed by atoms with Crippen molar-refractivity contribution in [2.45, 2.75) is 19.8 Å². The highest BCUT2D eigenvalue weighted by atomic mass is 32.1. The third-order valence-electron chi connectivity index (χ3n) is 2.74. The normalized spacial score (nSPS) is 15.4. The Labute approximate surface area is 107 Å². The van der Waals surface area contributed by atoms with E-state index in [9.17, 15) is 0 Å². The first-order valence-electron chi connectivity index (χ1n) is 5.82. The summed E-state index contributed by atoms with van der Waals surface area (Å²) in [6.45, 7) is 3.40. The second kappa shape index (κ2) is 5.36. The number of ether oxygens (including phenoxy) is 2. The second-order valence-corrected chi connectivity index (χ2v) is 4.98. The fraction of sp³-hybridized carbons (Fsp3) is 0.462. The lowest BCUT2D eigenvalue weighted by Crippen LogP contribution is -2.16. The van der Waals surface area contributed by atoms with Gasteiger partial charge >= 0.3 is 0 Å². The first-order valence-corrected chi connectivity index (χ1v) is 6.23. The molecule has 17 heavy (non-hydrogen) atoms. The Bertz CT molecular complexity index is 420. The van der Waals surface area contributed by atoms with Crippen molar-refractivity contribution >= 4 is 17.2 Å². The minimum atomic E-state index is 0.454. The number of fused-ring (bicyclic) bond motifs is 1. The third kappa shape index (κ3) is 3.33. The van der Waals surface area contributed by atoms with Crippen molar-refractivity contribution in [3.05, 3.63) is 23.8 Å². The molecular weight excluding hydrogens is 234 g/mol. The first-order chi connectivity index (χ1) is 8.15. The molecule has 0 aromatic heterocycles. The van der Waals surface area contributed by atoms with E-state index in [2.05, 4.69) is 13.0 Å². The van der Waals surface area contributed by atoms with E-state index >= 15 is 0 Å². The van der Waals surface area contributed by atoms with Crippen LogP contribution in [-0.2, 0) is 6.42 Å². The number of nitrogens with two attached hydrogens (primary N) is 1. The lowest BCUT2D eigenvalue weighted by atomic mass is 9.98. The zero-order chi connectivity index (χ0) is 12.3. The van der Waals surface area contributed by atoms with Crippen LogP contribution in [0.3, 0.4) is 0 Å². The Morgan fingerprint density at radius 1 is 1.35 bits per heavy atom. The smallest absolute Gasteiger partial charge is 0.161 e. The Hall–Kier alpha value is -1.29. The molecule has 92 valence electrons. The van der Waals surface area contributed by atoms with E-state index in [1.165, 1.54) is 5.56 Å². The highest BCUT2D eigenvalue weighted by Crippen LogP contribution is 2.31. The maximum absolute atomic E-state index is 5.55. The van der Waals surface area contributed by atoms with Crippen LogP contribution < -0.4 is 15.2 Å². The van der Waals surface area contributed by atoms with Crippen LogP contribution in [0.2, 0.25) is 0 Å². The summed E-state index contributed by atoms with van der Waals surface area (Å²) in [6, 6.07) is 6.09. The molecule has 1 aromatic rings. The van der Waals surface area contributed by atoms with Crippen molar-refractivity contribution in [1.29, 1.82) is 0 Å². The number of benzene rings is 1. The minimum absolute atomic E-state index is 0.454. The molecule has 0 radical (unpaired) electrons. The van der Waals surface area contributed by atoms with E-state index in [0.29, 0.717) is 24.1 Å². The monoisotopic (exact) mass is 251 g/mol. The van der Waals surface area contributed by atoms with Gasteiger partial charge in [0.1, 0.15) is 13.2 Å². The molecule has 1 heterocycles. The fourth-order valence-corrected chi connectivity index (χ4v) is 2.32. The Balaban J connectivity index is 2.04. The Morgan fingerprint density at radius 3 is 2.76 bits per heavy atom. The Morgan fingerprint density at radius 2 is 2.06 bits per heavy atom. The summed E-state index contributed by atoms with van der Waals surface area (Å²) in [5, 5.41) is 0. The zero-order valence-electron chi connectivity index (χ0n) is 9.94. The number of hydrogen-bond acceptors (Lipinski definition) is 3. The van der Waals surface area contributed by atoms with E-state index in [1.807, 2.05) is 12.1 Å². The number of rotatable bonds is 4. The molecule has 0 saturated carbocycles. The Kier molecular flexibility index (Phi) is 3.84. The maximum atomic E-state index is 5.55. The lowest BCUT2D eigenvalue weighted by molar-refractivity contribution is 0.171. The summed E-state index contributed by atoms with van der Waals surface area (Å²) in [5.41, 5.74) is 6.78. The molecular formula is C13H17NO2S. The van der Waals surface area contributed by atoms with Crippen LogP contribution in [0.5, 0.6) is 11.5 Å². The predicted molar refractivity (Wildman–Crippen MR) is 71.7 cm³/mol. The van der Waals surface area contributed by atoms with Gasteiger partial charge in [-0.2, -0.15) is 0 Å². The molecule has 0 spiro atoms. The van der Waals surface area contributed by atoms with Gasteiger partial charge in [-0.3, -0.25) is 0 Å². The average molecular weight is 251 g/mol. The summed E-state index contributed by atoms with van der Waals surface area (Å²) in [5.74, 6) is 2.13. The third-order valence-corrected chi connectivity index (χ3v) is 2.91. The van der Waals surface area contributed by atoms with Crippen LogP contribution in [0.1, 0.15) is 18.9 Å². The molecule has 0 saturated heterocycles. The lowest BCUT2D eigenvalue weighted by Gasteiger charge is -2.19. The summed E-state index contributed by atoms with van der Waals surface area (Å²) in [4.78, 5) is 0.579. The van der Waals surface area contributed by atoms with E-state index < -0.39 is 0 Å². The highest BCUT2D eigenvalue weighted by molar-refractivity contribution is 7.80. The van der Waals surface area contributed by atoms with Crippen molar-refractivity contribution < 1.29 is 9.47 Å². The van der Waals surface area contributed by atoms with Crippen LogP contribution in [0.4, 0.5) is 0 Å². The van der Waals surface area contributed by atoms with Crippen LogP contribution in [-0.4, -0.2) is 18.2 Å². The van der Waals surface area contributed by atoms with Crippen LogP contribution in [0, 0.1) is 5.92 Å². The van der Waals surface area contributed by atoms with Gasteiger partial charge in [0.15, 0.2) is 11.5 Å². The van der Waals surface area contributed by atoms with Gasteiger partial charge < -0.3 is 15.2 Å². The molecule has 1 aromatic carbocycles. The molecule has 4 heteroatoms. The minimum Gasteiger partial charge on any atom is -0.486 e. The van der Waals surface area contributed by atoms with Crippen LogP contribution in [0.15, 0.2) is 18.2 Å². The topological polar surface area (TPSA) is 44.5 Å². The number of hydrogen-bond donors (Lipinski definition) is 1. The molecule has 0 fully saturated rings.